The molecule has 94 valence electrons. The fraction of sp³-hybridized carbons (Fsp3) is 0. The average Bonchev–Trinajstić information content (AvgIpc) is 2.32. The first-order valence-corrected chi connectivity index (χ1v) is 9.02. The molecular formula is C12H7Br2IO2S. The Morgan fingerprint density at radius 2 is 1.56 bits per heavy atom. The summed E-state index contributed by atoms with van der Waals surface area (Å²) in [6, 6.07) is 11.9. The standard InChI is InChI=1S/C12H7Br2IO2S/c13-8-1-6-11(14)12(7-8)18(16,17)10-4-2-9(15)3-5-10/h1-7H. The van der Waals surface area contributed by atoms with E-state index < -0.39 is 9.84 Å². The molecule has 18 heavy (non-hydrogen) atoms. The van der Waals surface area contributed by atoms with Crippen LogP contribution in [-0.2, 0) is 9.84 Å². The molecular weight excluding hydrogens is 495 g/mol. The van der Waals surface area contributed by atoms with Crippen molar-refractivity contribution in [3.63, 3.8) is 0 Å². The zero-order valence-corrected chi connectivity index (χ0v) is 15.0. The van der Waals surface area contributed by atoms with Gasteiger partial charge in [-0.2, -0.15) is 0 Å². The molecule has 2 aromatic rings. The lowest BCUT2D eigenvalue weighted by atomic mass is 10.4. The van der Waals surface area contributed by atoms with Gasteiger partial charge in [0.05, 0.1) is 9.79 Å². The first kappa shape index (κ1) is 14.5. The quantitative estimate of drug-likeness (QED) is 0.561. The normalized spacial score (nSPS) is 11.5. The topological polar surface area (TPSA) is 34.1 Å². The second-order valence-corrected chi connectivity index (χ2v) is 8.47. The highest BCUT2D eigenvalue weighted by Crippen LogP contribution is 2.30. The van der Waals surface area contributed by atoms with Crippen molar-refractivity contribution in [3.05, 3.63) is 55.0 Å². The van der Waals surface area contributed by atoms with E-state index in [0.717, 1.165) is 8.04 Å². The fourth-order valence-electron chi connectivity index (χ4n) is 1.42. The Hall–Kier alpha value is 0.0800. The summed E-state index contributed by atoms with van der Waals surface area (Å²) >= 11 is 8.70. The van der Waals surface area contributed by atoms with E-state index in [0.29, 0.717) is 9.37 Å². The molecule has 0 aromatic heterocycles. The third-order valence-corrected chi connectivity index (χ3v) is 6.28. The minimum absolute atomic E-state index is 0.262. The van der Waals surface area contributed by atoms with E-state index in [9.17, 15) is 8.42 Å². The van der Waals surface area contributed by atoms with Gasteiger partial charge in [-0.3, -0.25) is 0 Å². The molecule has 0 saturated heterocycles. The Morgan fingerprint density at radius 1 is 0.944 bits per heavy atom. The van der Waals surface area contributed by atoms with Crippen LogP contribution in [0.25, 0.3) is 0 Å². The van der Waals surface area contributed by atoms with Crippen LogP contribution in [0.3, 0.4) is 0 Å². The maximum absolute atomic E-state index is 12.5. The Kier molecular flexibility index (Phi) is 4.51. The monoisotopic (exact) mass is 500 g/mol. The van der Waals surface area contributed by atoms with Gasteiger partial charge in [-0.25, -0.2) is 8.42 Å². The molecule has 2 rings (SSSR count). The van der Waals surface area contributed by atoms with Crippen LogP contribution in [0.2, 0.25) is 0 Å². The number of hydrogen-bond acceptors (Lipinski definition) is 2. The van der Waals surface area contributed by atoms with Crippen LogP contribution in [0.5, 0.6) is 0 Å². The first-order chi connectivity index (χ1) is 8.41. The Bertz CT molecular complexity index is 682. The SMILES string of the molecule is O=S(=O)(c1ccc(I)cc1)c1cc(Br)ccc1Br. The molecule has 0 unspecified atom stereocenters. The summed E-state index contributed by atoms with van der Waals surface area (Å²) in [6.07, 6.45) is 0. The molecule has 0 aliphatic heterocycles. The summed E-state index contributed by atoms with van der Waals surface area (Å²) in [5.74, 6) is 0. The van der Waals surface area contributed by atoms with Crippen molar-refractivity contribution in [2.75, 3.05) is 0 Å². The molecule has 0 radical (unpaired) electrons. The van der Waals surface area contributed by atoms with Crippen LogP contribution < -0.4 is 0 Å². The summed E-state index contributed by atoms with van der Waals surface area (Å²) in [6.45, 7) is 0. The van der Waals surface area contributed by atoms with E-state index >= 15 is 0 Å². The highest BCUT2D eigenvalue weighted by Gasteiger charge is 2.20. The van der Waals surface area contributed by atoms with E-state index in [4.69, 9.17) is 0 Å². The molecule has 2 aromatic carbocycles. The van der Waals surface area contributed by atoms with Crippen molar-refractivity contribution in [1.82, 2.24) is 0 Å². The molecule has 0 aliphatic carbocycles. The van der Waals surface area contributed by atoms with Crippen molar-refractivity contribution in [3.8, 4) is 0 Å². The zero-order valence-electron chi connectivity index (χ0n) is 8.90. The number of halogens is 3. The second-order valence-electron chi connectivity index (χ2n) is 3.53. The van der Waals surface area contributed by atoms with Gasteiger partial charge in [0.1, 0.15) is 0 Å². The molecule has 0 aliphatic rings. The number of hydrogen-bond donors (Lipinski definition) is 0. The minimum Gasteiger partial charge on any atom is -0.218 e. The smallest absolute Gasteiger partial charge is 0.207 e. The van der Waals surface area contributed by atoms with E-state index in [-0.39, 0.29) is 4.90 Å². The van der Waals surface area contributed by atoms with Crippen LogP contribution in [0.1, 0.15) is 0 Å². The lowest BCUT2D eigenvalue weighted by Gasteiger charge is -2.07. The van der Waals surface area contributed by atoms with Gasteiger partial charge in [0.15, 0.2) is 0 Å². The van der Waals surface area contributed by atoms with Crippen molar-refractivity contribution in [2.24, 2.45) is 0 Å². The number of sulfone groups is 1. The van der Waals surface area contributed by atoms with Gasteiger partial charge in [-0.15, -0.1) is 0 Å². The van der Waals surface area contributed by atoms with Crippen molar-refractivity contribution >= 4 is 64.3 Å². The zero-order chi connectivity index (χ0) is 13.3. The van der Waals surface area contributed by atoms with Gasteiger partial charge in [0.2, 0.25) is 9.84 Å². The maximum atomic E-state index is 12.5. The summed E-state index contributed by atoms with van der Waals surface area (Å²) in [5.41, 5.74) is 0. The summed E-state index contributed by atoms with van der Waals surface area (Å²) < 4.78 is 27.2. The van der Waals surface area contributed by atoms with Gasteiger partial charge in [0.25, 0.3) is 0 Å². The van der Waals surface area contributed by atoms with Gasteiger partial charge >= 0.3 is 0 Å². The highest BCUT2D eigenvalue weighted by molar-refractivity contribution is 14.1. The molecule has 0 N–H and O–H groups in total. The van der Waals surface area contributed by atoms with Gasteiger partial charge in [-0.05, 0) is 81.0 Å². The molecule has 0 spiro atoms. The fourth-order valence-corrected chi connectivity index (χ4v) is 4.54. The van der Waals surface area contributed by atoms with E-state index in [1.54, 1.807) is 42.5 Å². The Morgan fingerprint density at radius 3 is 2.17 bits per heavy atom. The number of rotatable bonds is 2. The lowest BCUT2D eigenvalue weighted by molar-refractivity contribution is 0.595. The molecule has 6 heteroatoms. The van der Waals surface area contributed by atoms with E-state index in [1.165, 1.54) is 0 Å². The van der Waals surface area contributed by atoms with Gasteiger partial charge < -0.3 is 0 Å². The molecule has 0 amide bonds. The molecule has 0 heterocycles. The van der Waals surface area contributed by atoms with Crippen LogP contribution in [0.4, 0.5) is 0 Å². The van der Waals surface area contributed by atoms with E-state index in [1.807, 2.05) is 0 Å². The summed E-state index contributed by atoms with van der Waals surface area (Å²) in [4.78, 5) is 0.555. The van der Waals surface area contributed by atoms with Gasteiger partial charge in [-0.1, -0.05) is 15.9 Å². The van der Waals surface area contributed by atoms with Crippen LogP contribution >= 0.6 is 54.5 Å². The van der Waals surface area contributed by atoms with Crippen molar-refractivity contribution in [2.45, 2.75) is 9.79 Å². The third-order valence-electron chi connectivity index (χ3n) is 2.31. The number of benzene rings is 2. The molecule has 0 atom stereocenters. The average molecular weight is 502 g/mol. The third kappa shape index (κ3) is 2.97. The van der Waals surface area contributed by atoms with Crippen LogP contribution in [-0.4, -0.2) is 8.42 Å². The second kappa shape index (κ2) is 5.60. The largest absolute Gasteiger partial charge is 0.218 e. The van der Waals surface area contributed by atoms with Crippen molar-refractivity contribution in [1.29, 1.82) is 0 Å². The van der Waals surface area contributed by atoms with Crippen LogP contribution in [0.15, 0.2) is 61.2 Å². The molecule has 0 fully saturated rings. The van der Waals surface area contributed by atoms with Crippen molar-refractivity contribution < 1.29 is 8.42 Å². The van der Waals surface area contributed by atoms with Crippen LogP contribution in [0, 0.1) is 3.57 Å². The minimum atomic E-state index is -3.49. The molecule has 0 saturated carbocycles. The summed E-state index contributed by atoms with van der Waals surface area (Å²) in [7, 11) is -3.49. The lowest BCUT2D eigenvalue weighted by Crippen LogP contribution is -2.03. The summed E-state index contributed by atoms with van der Waals surface area (Å²) in [5, 5.41) is 0. The highest BCUT2D eigenvalue weighted by atomic mass is 127. The Balaban J connectivity index is 2.61. The molecule has 2 nitrogen and oxygen atoms in total. The van der Waals surface area contributed by atoms with E-state index in [2.05, 4.69) is 54.5 Å². The Labute approximate surface area is 136 Å². The predicted molar refractivity (Wildman–Crippen MR) is 86.5 cm³/mol. The maximum Gasteiger partial charge on any atom is 0.207 e. The first-order valence-electron chi connectivity index (χ1n) is 4.87. The molecule has 0 bridgehead atoms. The van der Waals surface area contributed by atoms with Gasteiger partial charge in [0, 0.05) is 12.5 Å². The predicted octanol–water partition coefficient (Wildman–Crippen LogP) is 4.65.